The van der Waals surface area contributed by atoms with E-state index in [-0.39, 0.29) is 16.8 Å². The molecule has 1 N–H and O–H groups in total. The summed E-state index contributed by atoms with van der Waals surface area (Å²) in [4.78, 5) is 11.6. The molecule has 0 saturated heterocycles. The Morgan fingerprint density at radius 3 is 2.57 bits per heavy atom. The predicted molar refractivity (Wildman–Crippen MR) is 92.6 cm³/mol. The Labute approximate surface area is 139 Å². The minimum Gasteiger partial charge on any atom is -0.465 e. The van der Waals surface area contributed by atoms with E-state index in [2.05, 4.69) is 44.3 Å². The lowest BCUT2D eigenvalue weighted by Crippen LogP contribution is -2.47. The highest BCUT2D eigenvalue weighted by molar-refractivity contribution is 5.89. The van der Waals surface area contributed by atoms with Crippen molar-refractivity contribution in [3.63, 3.8) is 0 Å². The maximum absolute atomic E-state index is 11.6. The van der Waals surface area contributed by atoms with Crippen LogP contribution in [0, 0.1) is 10.8 Å². The van der Waals surface area contributed by atoms with Gasteiger partial charge in [0.1, 0.15) is 0 Å². The molecule has 2 aliphatic rings. The third-order valence-corrected chi connectivity index (χ3v) is 5.90. The van der Waals surface area contributed by atoms with Crippen molar-refractivity contribution >= 4 is 5.97 Å². The molecule has 2 unspecified atom stereocenters. The van der Waals surface area contributed by atoms with Crippen LogP contribution >= 0.6 is 0 Å². The minimum absolute atomic E-state index is 0.141. The number of esters is 1. The van der Waals surface area contributed by atoms with Crippen LogP contribution in [0.4, 0.5) is 0 Å². The second-order valence-corrected chi connectivity index (χ2v) is 7.74. The van der Waals surface area contributed by atoms with Crippen LogP contribution in [-0.4, -0.2) is 26.2 Å². The van der Waals surface area contributed by atoms with Crippen LogP contribution in [-0.2, 0) is 4.74 Å². The Hall–Kier alpha value is -1.61. The Morgan fingerprint density at radius 2 is 1.91 bits per heavy atom. The lowest BCUT2D eigenvalue weighted by molar-refractivity contribution is 0.0600. The lowest BCUT2D eigenvalue weighted by Gasteiger charge is -2.52. The Kier molecular flexibility index (Phi) is 4.09. The number of methoxy groups -OCH3 is 1. The molecular formula is C20H27NO2. The van der Waals surface area contributed by atoms with Gasteiger partial charge >= 0.3 is 5.97 Å². The molecule has 1 fully saturated rings. The van der Waals surface area contributed by atoms with Gasteiger partial charge in [-0.1, -0.05) is 44.6 Å². The van der Waals surface area contributed by atoms with Crippen LogP contribution in [0.15, 0.2) is 35.9 Å². The van der Waals surface area contributed by atoms with E-state index in [1.165, 1.54) is 25.5 Å². The van der Waals surface area contributed by atoms with E-state index in [0.717, 1.165) is 13.1 Å². The number of benzene rings is 1. The van der Waals surface area contributed by atoms with E-state index in [1.807, 2.05) is 12.1 Å². The molecule has 3 nitrogen and oxygen atoms in total. The molecule has 23 heavy (non-hydrogen) atoms. The van der Waals surface area contributed by atoms with Crippen molar-refractivity contribution in [2.75, 3.05) is 20.2 Å². The molecular weight excluding hydrogens is 286 g/mol. The highest BCUT2D eigenvalue weighted by Crippen LogP contribution is 2.57. The molecule has 0 spiro atoms. The van der Waals surface area contributed by atoms with E-state index in [1.54, 1.807) is 5.57 Å². The van der Waals surface area contributed by atoms with E-state index < -0.39 is 0 Å². The largest absolute Gasteiger partial charge is 0.465 e. The summed E-state index contributed by atoms with van der Waals surface area (Å²) >= 11 is 0. The zero-order valence-electron chi connectivity index (χ0n) is 14.6. The van der Waals surface area contributed by atoms with Gasteiger partial charge in [-0.2, -0.15) is 0 Å². The number of hydrogen-bond donors (Lipinski definition) is 1. The maximum atomic E-state index is 11.6. The number of nitrogens with one attached hydrogen (secondary N) is 1. The zero-order valence-corrected chi connectivity index (χ0v) is 14.6. The first-order valence-corrected chi connectivity index (χ1v) is 8.48. The fraction of sp³-hybridized carbons (Fsp3) is 0.550. The van der Waals surface area contributed by atoms with Crippen molar-refractivity contribution in [3.05, 3.63) is 47.0 Å². The van der Waals surface area contributed by atoms with Crippen LogP contribution in [0.2, 0.25) is 0 Å². The van der Waals surface area contributed by atoms with Crippen LogP contribution in [0.25, 0.3) is 0 Å². The van der Waals surface area contributed by atoms with Crippen LogP contribution in [0.3, 0.4) is 0 Å². The van der Waals surface area contributed by atoms with Gasteiger partial charge in [0.05, 0.1) is 12.7 Å². The summed E-state index contributed by atoms with van der Waals surface area (Å²) in [5.41, 5.74) is 3.96. The average molecular weight is 313 g/mol. The van der Waals surface area contributed by atoms with E-state index in [0.29, 0.717) is 11.5 Å². The van der Waals surface area contributed by atoms with Gasteiger partial charge in [-0.25, -0.2) is 4.79 Å². The molecule has 3 heteroatoms. The molecule has 0 radical (unpaired) electrons. The summed E-state index contributed by atoms with van der Waals surface area (Å²) in [6.07, 6.45) is 4.79. The summed E-state index contributed by atoms with van der Waals surface area (Å²) in [5, 5.41) is 3.52. The summed E-state index contributed by atoms with van der Waals surface area (Å²) in [6.45, 7) is 9.20. The molecule has 0 amide bonds. The molecule has 1 saturated carbocycles. The van der Waals surface area contributed by atoms with Gasteiger partial charge in [-0.15, -0.1) is 0 Å². The van der Waals surface area contributed by atoms with Gasteiger partial charge in [0.15, 0.2) is 0 Å². The molecule has 1 aliphatic carbocycles. The van der Waals surface area contributed by atoms with Crippen molar-refractivity contribution in [1.29, 1.82) is 0 Å². The van der Waals surface area contributed by atoms with E-state index in [9.17, 15) is 4.79 Å². The van der Waals surface area contributed by atoms with E-state index >= 15 is 0 Å². The predicted octanol–water partition coefficient (Wildman–Crippen LogP) is 3.91. The number of ether oxygens (including phenoxy) is 1. The van der Waals surface area contributed by atoms with Crippen LogP contribution < -0.4 is 5.32 Å². The molecule has 0 bridgehead atoms. The Balaban J connectivity index is 1.91. The quantitative estimate of drug-likeness (QED) is 0.664. The smallest absolute Gasteiger partial charge is 0.337 e. The van der Waals surface area contributed by atoms with Crippen molar-refractivity contribution in [2.45, 2.75) is 39.5 Å². The van der Waals surface area contributed by atoms with Gasteiger partial charge in [0.2, 0.25) is 0 Å². The molecule has 1 aromatic rings. The van der Waals surface area contributed by atoms with Gasteiger partial charge in [0, 0.05) is 18.5 Å². The normalized spacial score (nSPS) is 29.4. The highest BCUT2D eigenvalue weighted by atomic mass is 16.5. The molecule has 1 heterocycles. The average Bonchev–Trinajstić information content (AvgIpc) is 2.54. The highest BCUT2D eigenvalue weighted by Gasteiger charge is 2.47. The van der Waals surface area contributed by atoms with Crippen molar-refractivity contribution in [2.24, 2.45) is 10.8 Å². The molecule has 124 valence electrons. The number of hydrogen-bond acceptors (Lipinski definition) is 3. The summed E-state index contributed by atoms with van der Waals surface area (Å²) in [6, 6.07) is 7.98. The monoisotopic (exact) mass is 313 g/mol. The number of carbonyl (C=O) groups excluding carboxylic acids is 1. The zero-order chi connectivity index (χ0) is 16.7. The topological polar surface area (TPSA) is 38.3 Å². The first kappa shape index (κ1) is 16.3. The summed E-state index contributed by atoms with van der Waals surface area (Å²) in [7, 11) is 1.42. The second kappa shape index (κ2) is 5.79. The maximum Gasteiger partial charge on any atom is 0.337 e. The van der Waals surface area contributed by atoms with Crippen molar-refractivity contribution in [3.8, 4) is 0 Å². The van der Waals surface area contributed by atoms with Crippen molar-refractivity contribution in [1.82, 2.24) is 5.32 Å². The standard InChI is InChI=1S/C20H27NO2/c1-19(2)16(9-11-20(3)13-21-12-10-17(19)20)14-5-7-15(8-6-14)18(22)23-4/h5-8,10,16,21H,9,11-13H2,1-4H3. The number of carbonyl (C=O) groups is 1. The molecule has 3 rings (SSSR count). The molecule has 1 aromatic carbocycles. The summed E-state index contributed by atoms with van der Waals surface area (Å²) in [5.74, 6) is 0.222. The van der Waals surface area contributed by atoms with Gasteiger partial charge < -0.3 is 10.1 Å². The van der Waals surface area contributed by atoms with Gasteiger partial charge in [-0.3, -0.25) is 0 Å². The summed E-state index contributed by atoms with van der Waals surface area (Å²) < 4.78 is 4.79. The van der Waals surface area contributed by atoms with Crippen molar-refractivity contribution < 1.29 is 9.53 Å². The van der Waals surface area contributed by atoms with Crippen LogP contribution in [0.5, 0.6) is 0 Å². The third kappa shape index (κ3) is 2.72. The Morgan fingerprint density at radius 1 is 1.22 bits per heavy atom. The van der Waals surface area contributed by atoms with Gasteiger partial charge in [-0.05, 0) is 41.9 Å². The lowest BCUT2D eigenvalue weighted by atomic mass is 9.54. The second-order valence-electron chi connectivity index (χ2n) is 7.74. The first-order valence-electron chi connectivity index (χ1n) is 8.48. The molecule has 2 atom stereocenters. The fourth-order valence-electron chi connectivity index (χ4n) is 4.69. The van der Waals surface area contributed by atoms with E-state index in [4.69, 9.17) is 4.74 Å². The first-order chi connectivity index (χ1) is 10.9. The molecule has 1 aliphatic heterocycles. The van der Waals surface area contributed by atoms with Gasteiger partial charge in [0.25, 0.3) is 0 Å². The number of fused-ring (bicyclic) bond motifs is 1. The third-order valence-electron chi connectivity index (χ3n) is 5.90. The SMILES string of the molecule is COC(=O)c1ccc(C2CCC3(C)CNCC=C3C2(C)C)cc1. The number of rotatable bonds is 2. The fourth-order valence-corrected chi connectivity index (χ4v) is 4.69. The molecule has 0 aromatic heterocycles. The minimum atomic E-state index is -0.270. The van der Waals surface area contributed by atoms with Crippen LogP contribution in [0.1, 0.15) is 55.5 Å². The Bertz CT molecular complexity index is 630.